The highest BCUT2D eigenvalue weighted by Crippen LogP contribution is 2.35. The summed E-state index contributed by atoms with van der Waals surface area (Å²) in [7, 11) is 0. The van der Waals surface area contributed by atoms with E-state index in [1.165, 1.54) is 31.2 Å². The second-order valence-electron chi connectivity index (χ2n) is 4.24. The molecule has 2 rings (SSSR count). The van der Waals surface area contributed by atoms with Gasteiger partial charge in [0.25, 0.3) is 0 Å². The van der Waals surface area contributed by atoms with Crippen LogP contribution < -0.4 is 0 Å². The Bertz CT molecular complexity index is 334. The van der Waals surface area contributed by atoms with Crippen LogP contribution in [0.15, 0.2) is 40.7 Å². The molecule has 1 fully saturated rings. The molecule has 1 aromatic carbocycles. The Balaban J connectivity index is 2.10. The molecule has 0 N–H and O–H groups in total. The summed E-state index contributed by atoms with van der Waals surface area (Å²) in [5.74, 6) is 0.572. The fourth-order valence-corrected chi connectivity index (χ4v) is 2.64. The first-order chi connectivity index (χ1) is 7.92. The van der Waals surface area contributed by atoms with Crippen LogP contribution in [0.3, 0.4) is 0 Å². The number of hydrogen-bond acceptors (Lipinski definition) is 1. The molecule has 0 aromatic heterocycles. The first kappa shape index (κ1) is 12.0. The summed E-state index contributed by atoms with van der Waals surface area (Å²) in [6.07, 6.45) is 7.25. The lowest BCUT2D eigenvalue weighted by atomic mass is 9.81. The summed E-state index contributed by atoms with van der Waals surface area (Å²) < 4.78 is 7.75. The monoisotopic (exact) mass is 328 g/mol. The zero-order valence-electron chi connectivity index (χ0n) is 9.31. The van der Waals surface area contributed by atoms with Crippen LogP contribution in [0.5, 0.6) is 0 Å². The van der Waals surface area contributed by atoms with Crippen LogP contribution in [0.25, 0.3) is 0 Å². The van der Waals surface area contributed by atoms with E-state index in [-0.39, 0.29) is 0 Å². The van der Waals surface area contributed by atoms with Crippen LogP contribution in [0.4, 0.5) is 0 Å². The molecular weight excluding hydrogens is 311 g/mol. The van der Waals surface area contributed by atoms with Gasteiger partial charge in [0.15, 0.2) is 0 Å². The number of benzene rings is 1. The van der Waals surface area contributed by atoms with Crippen LogP contribution in [-0.4, -0.2) is 6.10 Å². The third-order valence-electron chi connectivity index (χ3n) is 3.24. The van der Waals surface area contributed by atoms with Crippen molar-refractivity contribution in [2.45, 2.75) is 37.7 Å². The topological polar surface area (TPSA) is 9.23 Å². The first-order valence-corrected chi connectivity index (χ1v) is 7.12. The molecule has 86 valence electrons. The molecule has 0 bridgehead atoms. The maximum Gasteiger partial charge on any atom is 0.105 e. The van der Waals surface area contributed by atoms with Crippen molar-refractivity contribution in [2.24, 2.45) is 0 Å². The SMILES string of the molecule is I/C=C/O[C@@H]1CCCC[C@H]1c1ccccc1. The highest BCUT2D eigenvalue weighted by atomic mass is 127. The molecule has 0 spiro atoms. The largest absolute Gasteiger partial charge is 0.497 e. The van der Waals surface area contributed by atoms with Gasteiger partial charge in [-0.25, -0.2) is 0 Å². The quantitative estimate of drug-likeness (QED) is 0.580. The van der Waals surface area contributed by atoms with Gasteiger partial charge in [-0.3, -0.25) is 0 Å². The Kier molecular flexibility index (Phi) is 4.69. The highest BCUT2D eigenvalue weighted by molar-refractivity contribution is 14.1. The van der Waals surface area contributed by atoms with E-state index in [1.54, 1.807) is 0 Å². The zero-order valence-corrected chi connectivity index (χ0v) is 11.5. The molecule has 0 amide bonds. The van der Waals surface area contributed by atoms with Gasteiger partial charge in [-0.05, 0) is 47.4 Å². The Morgan fingerprint density at radius 1 is 1.12 bits per heavy atom. The first-order valence-electron chi connectivity index (χ1n) is 5.87. The molecule has 0 aliphatic heterocycles. The normalized spacial score (nSPS) is 25.8. The third-order valence-corrected chi connectivity index (χ3v) is 3.53. The second kappa shape index (κ2) is 6.28. The van der Waals surface area contributed by atoms with Gasteiger partial charge in [0, 0.05) is 10.0 Å². The van der Waals surface area contributed by atoms with Crippen molar-refractivity contribution in [3.63, 3.8) is 0 Å². The van der Waals surface area contributed by atoms with Gasteiger partial charge in [-0.2, -0.15) is 0 Å². The summed E-state index contributed by atoms with van der Waals surface area (Å²) in [6, 6.07) is 10.8. The lowest BCUT2D eigenvalue weighted by Crippen LogP contribution is -2.24. The van der Waals surface area contributed by atoms with Gasteiger partial charge >= 0.3 is 0 Å². The van der Waals surface area contributed by atoms with Gasteiger partial charge < -0.3 is 4.74 Å². The molecule has 1 aromatic rings. The van der Waals surface area contributed by atoms with Crippen LogP contribution >= 0.6 is 22.6 Å². The summed E-state index contributed by atoms with van der Waals surface area (Å²) >= 11 is 2.20. The van der Waals surface area contributed by atoms with Crippen molar-refractivity contribution in [1.29, 1.82) is 0 Å². The second-order valence-corrected chi connectivity index (χ2v) is 4.96. The van der Waals surface area contributed by atoms with Gasteiger partial charge in [-0.15, -0.1) is 0 Å². The molecule has 2 heteroatoms. The molecule has 1 nitrogen and oxygen atoms in total. The van der Waals surface area contributed by atoms with E-state index >= 15 is 0 Å². The molecule has 0 unspecified atom stereocenters. The minimum Gasteiger partial charge on any atom is -0.497 e. The van der Waals surface area contributed by atoms with E-state index in [0.717, 1.165) is 0 Å². The summed E-state index contributed by atoms with van der Waals surface area (Å²) in [6.45, 7) is 0. The highest BCUT2D eigenvalue weighted by Gasteiger charge is 2.26. The summed E-state index contributed by atoms with van der Waals surface area (Å²) in [5, 5.41) is 0. The Morgan fingerprint density at radius 2 is 1.88 bits per heavy atom. The van der Waals surface area contributed by atoms with Crippen molar-refractivity contribution in [2.75, 3.05) is 0 Å². The average Bonchev–Trinajstić information content (AvgIpc) is 2.38. The third kappa shape index (κ3) is 3.00. The molecule has 0 radical (unpaired) electrons. The Morgan fingerprint density at radius 3 is 2.62 bits per heavy atom. The molecular formula is C14H17IO. The standard InChI is InChI=1S/C14H17IO/c15-10-11-16-14-9-5-4-8-13(14)12-6-2-1-3-7-12/h1-3,6-7,10-11,13-14H,4-5,8-9H2/b11-10+/t13-,14+/m0/s1. The molecule has 0 heterocycles. The van der Waals surface area contributed by atoms with Crippen molar-refractivity contribution in [1.82, 2.24) is 0 Å². The predicted octanol–water partition coefficient (Wildman–Crippen LogP) is 4.64. The predicted molar refractivity (Wildman–Crippen MR) is 75.7 cm³/mol. The fourth-order valence-electron chi connectivity index (χ4n) is 2.47. The molecule has 1 saturated carbocycles. The number of halogens is 1. The van der Waals surface area contributed by atoms with Crippen molar-refractivity contribution >= 4 is 22.6 Å². The van der Waals surface area contributed by atoms with E-state index in [4.69, 9.17) is 4.74 Å². The van der Waals surface area contributed by atoms with E-state index in [0.29, 0.717) is 12.0 Å². The van der Waals surface area contributed by atoms with Crippen molar-refractivity contribution in [3.05, 3.63) is 46.2 Å². The van der Waals surface area contributed by atoms with Crippen molar-refractivity contribution < 1.29 is 4.74 Å². The van der Waals surface area contributed by atoms with Crippen molar-refractivity contribution in [3.8, 4) is 0 Å². The Hall–Kier alpha value is -0.510. The van der Waals surface area contributed by atoms with Crippen LogP contribution in [0.2, 0.25) is 0 Å². The van der Waals surface area contributed by atoms with E-state index in [1.807, 2.05) is 10.3 Å². The summed E-state index contributed by atoms with van der Waals surface area (Å²) in [5.41, 5.74) is 1.43. The maximum atomic E-state index is 5.81. The van der Waals surface area contributed by atoms with Crippen LogP contribution in [-0.2, 0) is 4.74 Å². The van der Waals surface area contributed by atoms with Gasteiger partial charge in [0.2, 0.25) is 0 Å². The van der Waals surface area contributed by atoms with Gasteiger partial charge in [-0.1, -0.05) is 36.8 Å². The number of hydrogen-bond donors (Lipinski definition) is 0. The lowest BCUT2D eigenvalue weighted by Gasteiger charge is -2.31. The van der Waals surface area contributed by atoms with E-state index in [2.05, 4.69) is 52.9 Å². The van der Waals surface area contributed by atoms with Crippen LogP contribution in [0.1, 0.15) is 37.2 Å². The fraction of sp³-hybridized carbons (Fsp3) is 0.429. The van der Waals surface area contributed by atoms with E-state index in [9.17, 15) is 0 Å². The minimum atomic E-state index is 0.363. The Labute approximate surface area is 111 Å². The summed E-state index contributed by atoms with van der Waals surface area (Å²) in [4.78, 5) is 0. The zero-order chi connectivity index (χ0) is 11.2. The average molecular weight is 328 g/mol. The molecule has 2 atom stereocenters. The van der Waals surface area contributed by atoms with E-state index < -0.39 is 0 Å². The molecule has 16 heavy (non-hydrogen) atoms. The number of rotatable bonds is 3. The molecule has 1 aliphatic carbocycles. The molecule has 1 aliphatic rings. The molecule has 0 saturated heterocycles. The lowest BCUT2D eigenvalue weighted by molar-refractivity contribution is 0.0853. The minimum absolute atomic E-state index is 0.363. The van der Waals surface area contributed by atoms with Crippen LogP contribution in [0, 0.1) is 0 Å². The number of ether oxygens (including phenoxy) is 1. The van der Waals surface area contributed by atoms with Gasteiger partial charge in [0.05, 0.1) is 6.26 Å². The maximum absolute atomic E-state index is 5.81. The smallest absolute Gasteiger partial charge is 0.105 e. The van der Waals surface area contributed by atoms with Gasteiger partial charge in [0.1, 0.15) is 6.10 Å².